The first kappa shape index (κ1) is 1840. The molecule has 0 atom stereocenters. The van der Waals surface area contributed by atoms with Crippen molar-refractivity contribution in [2.75, 3.05) is 0 Å². The molecule has 54 heteroatoms. The van der Waals surface area contributed by atoms with Gasteiger partial charge in [0.2, 0.25) is 0 Å². The molecule has 0 radical (unpaired) electrons. The largest absolute Gasteiger partial charge is 0.466 e. The minimum absolute atomic E-state index is 0. The maximum atomic E-state index is 8.88. The summed E-state index contributed by atoms with van der Waals surface area (Å²) >= 11 is 0. The Morgan fingerprint density at radius 3 is 0.148 bits per heavy atom. The fraction of sp³-hybridized carbons (Fsp3) is 0. The standard InChI is InChI=1S/12Mo.H3O4P.37H2O/c;;;;;;;;;;;;1-5(2,3)4;;;;;;;;;;;;;;;;;;;;;;;;;;;;;;;;;;;;;/h;;;;;;;;;;;;(H3,1,2,3,4);37*1H2. The molecule has 54 heavy (non-hydrogen) atoms. The molecule has 0 saturated carbocycles. The molecule has 0 amide bonds. The molecule has 0 bridgehead atoms. The van der Waals surface area contributed by atoms with E-state index in [1.54, 1.807) is 0 Å². The van der Waals surface area contributed by atoms with Gasteiger partial charge in [0.05, 0.1) is 0 Å². The number of rotatable bonds is 0. The first-order valence-corrected chi connectivity index (χ1v) is 2.35. The predicted octanol–water partition coefficient (Wildman–Crippen LogP) is -31.5. The van der Waals surface area contributed by atoms with Gasteiger partial charge in [0, 0.05) is 253 Å². The molecule has 41 nitrogen and oxygen atoms in total. The number of hydrogen-bond donors (Lipinski definition) is 3. The van der Waals surface area contributed by atoms with Crippen LogP contribution in [-0.4, -0.2) is 217 Å². The third-order valence-corrected chi connectivity index (χ3v) is 0. The normalized spacial score (nSPS) is 1.09. The second kappa shape index (κ2) is 1250. The van der Waals surface area contributed by atoms with Crippen molar-refractivity contribution in [1.82, 2.24) is 0 Å². The Morgan fingerprint density at radius 1 is 0.148 bits per heavy atom. The summed E-state index contributed by atoms with van der Waals surface area (Å²) in [6.07, 6.45) is 0. The summed E-state index contributed by atoms with van der Waals surface area (Å²) in [4.78, 5) is 21.6. The Kier molecular flexibility index (Phi) is 42600. The molecule has 0 fully saturated rings. The molecule has 0 unspecified atom stereocenters. The third-order valence-electron chi connectivity index (χ3n) is 0. The van der Waals surface area contributed by atoms with Crippen molar-refractivity contribution in [3.05, 3.63) is 0 Å². The first-order chi connectivity index (χ1) is 2.00. The van der Waals surface area contributed by atoms with Crippen LogP contribution in [0, 0.1) is 0 Å². The van der Waals surface area contributed by atoms with E-state index in [1.807, 2.05) is 0 Å². The monoisotopic (exact) mass is 1940 g/mol. The summed E-state index contributed by atoms with van der Waals surface area (Å²) in [5, 5.41) is 0. The summed E-state index contributed by atoms with van der Waals surface area (Å²) in [6.45, 7) is 0. The van der Waals surface area contributed by atoms with Gasteiger partial charge in [-0.2, -0.15) is 0 Å². The SMILES string of the molecule is O.O.O.O.O.O.O.O.O.O.O.O.O.O.O.O.O.O.O.O.O.O.O.O.O.O.O.O.O.O.O.O.O.O.O.O.O.O=P(O)(O)O.[Mo].[Mo].[Mo].[Mo].[Mo].[Mo].[Mo].[Mo].[Mo].[Mo].[Mo].[Mo]. The zero-order valence-electron chi connectivity index (χ0n) is 25.6. The van der Waals surface area contributed by atoms with E-state index in [1.165, 1.54) is 0 Å². The molecule has 0 rings (SSSR count). The van der Waals surface area contributed by atoms with E-state index < -0.39 is 7.82 Å². The van der Waals surface area contributed by atoms with Gasteiger partial charge in [-0.1, -0.05) is 0 Å². The van der Waals surface area contributed by atoms with E-state index in [0.717, 1.165) is 0 Å². The van der Waals surface area contributed by atoms with Gasteiger partial charge in [-0.3, -0.25) is 0 Å². The van der Waals surface area contributed by atoms with Gasteiger partial charge in [-0.05, 0) is 0 Å². The Bertz CT molecular complexity index is 94.3. The second-order valence-electron chi connectivity index (χ2n) is 0.513. The molecule has 0 spiro atoms. The van der Waals surface area contributed by atoms with Crippen LogP contribution in [0.3, 0.4) is 0 Å². The van der Waals surface area contributed by atoms with Gasteiger partial charge in [0.1, 0.15) is 0 Å². The zero-order chi connectivity index (χ0) is 4.50. The summed E-state index contributed by atoms with van der Waals surface area (Å²) in [5.74, 6) is 0. The molecule has 0 aliphatic rings. The average Bonchev–Trinajstić information content (AvgIpc) is 0.722. The van der Waals surface area contributed by atoms with Crippen LogP contribution in [0.15, 0.2) is 0 Å². The quantitative estimate of drug-likeness (QED) is 0.157. The predicted molar refractivity (Wildman–Crippen MR) is 148 cm³/mol. The van der Waals surface area contributed by atoms with Crippen molar-refractivity contribution >= 4 is 7.82 Å². The van der Waals surface area contributed by atoms with Crippen molar-refractivity contribution in [3.63, 3.8) is 0 Å². The third kappa shape index (κ3) is 4160. The van der Waals surface area contributed by atoms with E-state index in [2.05, 4.69) is 0 Å². The van der Waals surface area contributed by atoms with E-state index in [0.29, 0.717) is 0 Å². The maximum Gasteiger partial charge on any atom is 0.466 e. The van der Waals surface area contributed by atoms with Crippen molar-refractivity contribution in [2.45, 2.75) is 0 Å². The second-order valence-corrected chi connectivity index (χ2v) is 1.54. The van der Waals surface area contributed by atoms with Crippen LogP contribution in [0.4, 0.5) is 0 Å². The molecular formula is H77Mo12O41P. The van der Waals surface area contributed by atoms with Gasteiger partial charge in [-0.25, -0.2) is 4.57 Å². The molecular weight excluding hydrogens is 1840 g/mol. The summed E-state index contributed by atoms with van der Waals surface area (Å²) in [6, 6.07) is 0. The molecule has 77 N–H and O–H groups in total. The molecule has 0 aliphatic heterocycles. The van der Waals surface area contributed by atoms with E-state index in [9.17, 15) is 0 Å². The topological polar surface area (TPSA) is 1240 Å². The molecule has 0 heterocycles. The van der Waals surface area contributed by atoms with Crippen LogP contribution < -0.4 is 0 Å². The molecule has 0 saturated heterocycles. The molecule has 0 aliphatic carbocycles. The van der Waals surface area contributed by atoms with Crippen molar-refractivity contribution in [3.8, 4) is 0 Å². The Labute approximate surface area is 476 Å². The Balaban J connectivity index is -0.0000000000680. The van der Waals surface area contributed by atoms with E-state index in [4.69, 9.17) is 19.2 Å². The van der Waals surface area contributed by atoms with Crippen molar-refractivity contribution < 1.29 is 475 Å². The van der Waals surface area contributed by atoms with Crippen LogP contribution in [0.2, 0.25) is 0 Å². The van der Waals surface area contributed by atoms with Crippen molar-refractivity contribution in [1.29, 1.82) is 0 Å². The van der Waals surface area contributed by atoms with Crippen LogP contribution in [-0.2, 0) is 257 Å². The number of hydrogen-bond acceptors (Lipinski definition) is 1. The molecule has 400 valence electrons. The first-order valence-electron chi connectivity index (χ1n) is 0.783. The van der Waals surface area contributed by atoms with Gasteiger partial charge in [-0.15, -0.1) is 0 Å². The number of phosphoric acid groups is 1. The summed E-state index contributed by atoms with van der Waals surface area (Å²) < 4.78 is 8.88. The van der Waals surface area contributed by atoms with Crippen LogP contribution in [0.25, 0.3) is 0 Å². The van der Waals surface area contributed by atoms with Gasteiger partial charge in [0.25, 0.3) is 0 Å². The van der Waals surface area contributed by atoms with E-state index in [-0.39, 0.29) is 455 Å². The minimum Gasteiger partial charge on any atom is -0.412 e. The summed E-state index contributed by atoms with van der Waals surface area (Å²) in [7, 11) is -4.64. The van der Waals surface area contributed by atoms with E-state index >= 15 is 0 Å². The zero-order valence-corrected chi connectivity index (χ0v) is 50.6. The molecule has 0 aromatic heterocycles. The van der Waals surface area contributed by atoms with Gasteiger partial charge < -0.3 is 217 Å². The van der Waals surface area contributed by atoms with Gasteiger partial charge in [0.15, 0.2) is 0 Å². The van der Waals surface area contributed by atoms with Crippen molar-refractivity contribution in [2.24, 2.45) is 0 Å². The Hall–Kier alpha value is 6.89. The van der Waals surface area contributed by atoms with Crippen LogP contribution in [0.1, 0.15) is 0 Å². The summed E-state index contributed by atoms with van der Waals surface area (Å²) in [5.41, 5.74) is 0. The average molecular weight is 1920 g/mol. The molecule has 0 aromatic rings. The van der Waals surface area contributed by atoms with Crippen LogP contribution >= 0.6 is 7.82 Å². The fourth-order valence-electron chi connectivity index (χ4n) is 0. The van der Waals surface area contributed by atoms with Crippen LogP contribution in [0.5, 0.6) is 0 Å². The minimum atomic E-state index is -4.64. The maximum absolute atomic E-state index is 8.88. The fourth-order valence-corrected chi connectivity index (χ4v) is 0. The molecule has 0 aromatic carbocycles. The Morgan fingerprint density at radius 2 is 0.148 bits per heavy atom. The van der Waals surface area contributed by atoms with Gasteiger partial charge >= 0.3 is 7.82 Å². The smallest absolute Gasteiger partial charge is 0.412 e.